The van der Waals surface area contributed by atoms with E-state index in [1.54, 1.807) is 35.2 Å². The molecule has 0 radical (unpaired) electrons. The highest BCUT2D eigenvalue weighted by Crippen LogP contribution is 2.29. The van der Waals surface area contributed by atoms with Crippen LogP contribution in [0, 0.1) is 5.82 Å². The number of H-pyrrole nitrogens is 2. The molecule has 6 nitrogen and oxygen atoms in total. The standard InChI is InChI=1S/C22H17FN4O2/c23-14-5-3-4-13(10-14)21-16-12-27(9-8-18(16)25-26-21)22(29)19-11-20(28)15-6-1-2-7-17(15)24-19/h1-7,10-11H,8-9,12H2,(H,24,28)(H,25,26). The number of amides is 1. The summed E-state index contributed by atoms with van der Waals surface area (Å²) in [6.07, 6.45) is 0.612. The van der Waals surface area contributed by atoms with E-state index in [1.165, 1.54) is 18.2 Å². The van der Waals surface area contributed by atoms with E-state index in [9.17, 15) is 14.0 Å². The number of halogens is 1. The Bertz CT molecular complexity index is 1310. The molecule has 5 rings (SSSR count). The molecule has 1 aliphatic rings. The number of carbonyl (C=O) groups excluding carboxylic acids is 1. The number of para-hydroxylation sites is 1. The maximum Gasteiger partial charge on any atom is 0.270 e. The Morgan fingerprint density at radius 3 is 2.83 bits per heavy atom. The van der Waals surface area contributed by atoms with E-state index >= 15 is 0 Å². The van der Waals surface area contributed by atoms with Gasteiger partial charge in [0.05, 0.1) is 12.2 Å². The van der Waals surface area contributed by atoms with Crippen LogP contribution in [-0.2, 0) is 13.0 Å². The molecule has 0 saturated heterocycles. The average Bonchev–Trinajstić information content (AvgIpc) is 3.16. The van der Waals surface area contributed by atoms with Crippen LogP contribution >= 0.6 is 0 Å². The van der Waals surface area contributed by atoms with Gasteiger partial charge in [-0.25, -0.2) is 4.39 Å². The maximum atomic E-state index is 13.6. The van der Waals surface area contributed by atoms with E-state index in [0.29, 0.717) is 41.7 Å². The molecule has 0 fully saturated rings. The zero-order valence-electron chi connectivity index (χ0n) is 15.4. The molecule has 1 aliphatic heterocycles. The highest BCUT2D eigenvalue weighted by atomic mass is 19.1. The van der Waals surface area contributed by atoms with Gasteiger partial charge < -0.3 is 9.88 Å². The van der Waals surface area contributed by atoms with Gasteiger partial charge in [-0.1, -0.05) is 24.3 Å². The molecular weight excluding hydrogens is 371 g/mol. The Labute approximate surface area is 165 Å². The first-order chi connectivity index (χ1) is 14.1. The number of aromatic nitrogens is 3. The Hall–Kier alpha value is -3.74. The first-order valence-corrected chi connectivity index (χ1v) is 9.33. The molecule has 3 heterocycles. The van der Waals surface area contributed by atoms with E-state index < -0.39 is 0 Å². The lowest BCUT2D eigenvalue weighted by atomic mass is 10.0. The van der Waals surface area contributed by atoms with Crippen molar-refractivity contribution < 1.29 is 9.18 Å². The fraction of sp³-hybridized carbons (Fsp3) is 0.136. The minimum absolute atomic E-state index is 0.191. The largest absolute Gasteiger partial charge is 0.350 e. The second-order valence-corrected chi connectivity index (χ2v) is 7.11. The van der Waals surface area contributed by atoms with Crippen molar-refractivity contribution in [1.82, 2.24) is 20.1 Å². The van der Waals surface area contributed by atoms with Gasteiger partial charge in [0.25, 0.3) is 5.91 Å². The third-order valence-electron chi connectivity index (χ3n) is 5.29. The van der Waals surface area contributed by atoms with Crippen LogP contribution in [0.5, 0.6) is 0 Å². The number of benzene rings is 2. The van der Waals surface area contributed by atoms with Crippen molar-refractivity contribution >= 4 is 16.8 Å². The van der Waals surface area contributed by atoms with Gasteiger partial charge in [-0.3, -0.25) is 14.7 Å². The van der Waals surface area contributed by atoms with Crippen molar-refractivity contribution in [2.75, 3.05) is 6.54 Å². The molecule has 0 unspecified atom stereocenters. The fourth-order valence-electron chi connectivity index (χ4n) is 3.83. The molecule has 2 aromatic carbocycles. The second-order valence-electron chi connectivity index (χ2n) is 7.11. The number of nitrogens with one attached hydrogen (secondary N) is 2. The number of rotatable bonds is 2. The van der Waals surface area contributed by atoms with Gasteiger partial charge in [0.2, 0.25) is 0 Å². The van der Waals surface area contributed by atoms with Crippen LogP contribution in [-0.4, -0.2) is 32.5 Å². The fourth-order valence-corrected chi connectivity index (χ4v) is 3.83. The van der Waals surface area contributed by atoms with Crippen LogP contribution in [0.3, 0.4) is 0 Å². The Morgan fingerprint density at radius 1 is 1.10 bits per heavy atom. The molecule has 1 amide bonds. The topological polar surface area (TPSA) is 81.9 Å². The van der Waals surface area contributed by atoms with Gasteiger partial charge in [0, 0.05) is 46.8 Å². The van der Waals surface area contributed by atoms with Gasteiger partial charge in [-0.05, 0) is 24.3 Å². The first-order valence-electron chi connectivity index (χ1n) is 9.33. The summed E-state index contributed by atoms with van der Waals surface area (Å²) >= 11 is 0. The summed E-state index contributed by atoms with van der Waals surface area (Å²) in [5.74, 6) is -0.582. The number of carbonyl (C=O) groups is 1. The molecular formula is C22H17FN4O2. The second kappa shape index (κ2) is 6.70. The normalized spacial score (nSPS) is 13.5. The summed E-state index contributed by atoms with van der Waals surface area (Å²) in [5.41, 5.74) is 3.82. The van der Waals surface area contributed by atoms with Gasteiger partial charge >= 0.3 is 0 Å². The van der Waals surface area contributed by atoms with Crippen LogP contribution < -0.4 is 5.43 Å². The number of nitrogens with zero attached hydrogens (tertiary/aromatic N) is 2. The quantitative estimate of drug-likeness (QED) is 0.553. The number of pyridine rings is 1. The van der Waals surface area contributed by atoms with Crippen molar-refractivity contribution in [3.63, 3.8) is 0 Å². The van der Waals surface area contributed by atoms with Crippen molar-refractivity contribution in [3.05, 3.63) is 87.6 Å². The summed E-state index contributed by atoms with van der Waals surface area (Å²) in [5, 5.41) is 7.90. The van der Waals surface area contributed by atoms with E-state index in [-0.39, 0.29) is 22.8 Å². The Kier molecular flexibility index (Phi) is 4.01. The molecule has 2 aromatic heterocycles. The van der Waals surface area contributed by atoms with Crippen molar-refractivity contribution in [1.29, 1.82) is 0 Å². The van der Waals surface area contributed by atoms with Crippen LogP contribution in [0.15, 0.2) is 59.4 Å². The minimum Gasteiger partial charge on any atom is -0.350 e. The molecule has 0 aliphatic carbocycles. The van der Waals surface area contributed by atoms with Crippen molar-refractivity contribution in [2.24, 2.45) is 0 Å². The highest BCUT2D eigenvalue weighted by molar-refractivity contribution is 5.95. The molecule has 0 bridgehead atoms. The predicted octanol–water partition coefficient (Wildman–Crippen LogP) is 3.26. The molecule has 4 aromatic rings. The third-order valence-corrected chi connectivity index (χ3v) is 5.29. The first kappa shape index (κ1) is 17.4. The van der Waals surface area contributed by atoms with Crippen LogP contribution in [0.1, 0.15) is 21.7 Å². The molecule has 0 spiro atoms. The monoisotopic (exact) mass is 388 g/mol. The lowest BCUT2D eigenvalue weighted by Gasteiger charge is -2.27. The Morgan fingerprint density at radius 2 is 1.97 bits per heavy atom. The maximum absolute atomic E-state index is 13.6. The van der Waals surface area contributed by atoms with Crippen molar-refractivity contribution in [2.45, 2.75) is 13.0 Å². The average molecular weight is 388 g/mol. The molecule has 0 atom stereocenters. The highest BCUT2D eigenvalue weighted by Gasteiger charge is 2.27. The molecule has 144 valence electrons. The number of fused-ring (bicyclic) bond motifs is 2. The molecule has 29 heavy (non-hydrogen) atoms. The number of hydrogen-bond donors (Lipinski definition) is 2. The smallest absolute Gasteiger partial charge is 0.270 e. The summed E-state index contributed by atoms with van der Waals surface area (Å²) in [6, 6.07) is 14.7. The lowest BCUT2D eigenvalue weighted by molar-refractivity contribution is 0.0729. The van der Waals surface area contributed by atoms with Crippen LogP contribution in [0.2, 0.25) is 0 Å². The zero-order chi connectivity index (χ0) is 20.0. The van der Waals surface area contributed by atoms with Gasteiger partial charge in [-0.2, -0.15) is 5.10 Å². The zero-order valence-corrected chi connectivity index (χ0v) is 15.4. The Balaban J connectivity index is 1.49. The molecule has 0 saturated carbocycles. The van der Waals surface area contributed by atoms with Crippen molar-refractivity contribution in [3.8, 4) is 11.3 Å². The van der Waals surface area contributed by atoms with E-state index in [2.05, 4.69) is 15.2 Å². The third kappa shape index (κ3) is 3.00. The number of hydrogen-bond acceptors (Lipinski definition) is 3. The minimum atomic E-state index is -0.336. The summed E-state index contributed by atoms with van der Waals surface area (Å²) in [4.78, 5) is 30.2. The SMILES string of the molecule is O=C(c1cc(=O)c2ccccc2[nH]1)N1CCc2[nH]nc(-c3cccc(F)c3)c2C1. The van der Waals surface area contributed by atoms with E-state index in [1.807, 2.05) is 6.07 Å². The predicted molar refractivity (Wildman–Crippen MR) is 107 cm³/mol. The van der Waals surface area contributed by atoms with Gasteiger partial charge in [0.1, 0.15) is 11.5 Å². The number of aromatic amines is 2. The summed E-state index contributed by atoms with van der Waals surface area (Å²) < 4.78 is 13.6. The summed E-state index contributed by atoms with van der Waals surface area (Å²) in [6.45, 7) is 0.844. The lowest BCUT2D eigenvalue weighted by Crippen LogP contribution is -2.36. The van der Waals surface area contributed by atoms with E-state index in [4.69, 9.17) is 0 Å². The van der Waals surface area contributed by atoms with E-state index in [0.717, 1.165) is 11.3 Å². The van der Waals surface area contributed by atoms with Gasteiger partial charge in [0.15, 0.2) is 5.43 Å². The molecule has 2 N–H and O–H groups in total. The van der Waals surface area contributed by atoms with Crippen LogP contribution in [0.4, 0.5) is 4.39 Å². The van der Waals surface area contributed by atoms with Gasteiger partial charge in [-0.15, -0.1) is 0 Å². The summed E-state index contributed by atoms with van der Waals surface area (Å²) in [7, 11) is 0. The van der Waals surface area contributed by atoms with Crippen LogP contribution in [0.25, 0.3) is 22.2 Å². The molecule has 7 heteroatoms.